The summed E-state index contributed by atoms with van der Waals surface area (Å²) in [6.45, 7) is 5.83. The summed E-state index contributed by atoms with van der Waals surface area (Å²) in [5.41, 5.74) is 0.550. The number of nitrogens with zero attached hydrogens (tertiary/aromatic N) is 1. The van der Waals surface area contributed by atoms with Crippen molar-refractivity contribution >= 4 is 5.91 Å². The van der Waals surface area contributed by atoms with Crippen LogP contribution in [0.2, 0.25) is 0 Å². The molecule has 1 amide bonds. The second-order valence-corrected chi connectivity index (χ2v) is 5.75. The van der Waals surface area contributed by atoms with Crippen molar-refractivity contribution < 1.29 is 9.90 Å². The molecular weight excluding hydrogens is 252 g/mol. The fourth-order valence-electron chi connectivity index (χ4n) is 2.65. The smallest absolute Gasteiger partial charge is 0.254 e. The van der Waals surface area contributed by atoms with Crippen molar-refractivity contribution in [3.8, 4) is 5.75 Å². The van der Waals surface area contributed by atoms with Gasteiger partial charge >= 0.3 is 0 Å². The predicted molar refractivity (Wildman–Crippen MR) is 79.9 cm³/mol. The second-order valence-electron chi connectivity index (χ2n) is 5.75. The number of phenols is 1. The molecule has 2 N–H and O–H groups in total. The van der Waals surface area contributed by atoms with Gasteiger partial charge in [0.25, 0.3) is 5.91 Å². The van der Waals surface area contributed by atoms with Gasteiger partial charge in [-0.15, -0.1) is 0 Å². The van der Waals surface area contributed by atoms with E-state index in [0.717, 1.165) is 19.5 Å². The molecule has 1 saturated heterocycles. The molecule has 0 aromatic heterocycles. The first-order valence-corrected chi connectivity index (χ1v) is 7.41. The fraction of sp³-hybridized carbons (Fsp3) is 0.562. The summed E-state index contributed by atoms with van der Waals surface area (Å²) < 4.78 is 0. The minimum atomic E-state index is -0.0109. The van der Waals surface area contributed by atoms with Crippen LogP contribution in [0, 0.1) is 0 Å². The minimum absolute atomic E-state index is 0.0109. The van der Waals surface area contributed by atoms with Crippen LogP contribution in [0.4, 0.5) is 0 Å². The van der Waals surface area contributed by atoms with Crippen molar-refractivity contribution in [3.05, 3.63) is 29.8 Å². The number of nitrogens with one attached hydrogen (secondary N) is 1. The number of carbonyl (C=O) groups is 1. The molecule has 0 bridgehead atoms. The molecule has 20 heavy (non-hydrogen) atoms. The van der Waals surface area contributed by atoms with E-state index in [-0.39, 0.29) is 17.7 Å². The number of aromatic hydroxyl groups is 1. The monoisotopic (exact) mass is 276 g/mol. The number of rotatable bonds is 4. The van der Waals surface area contributed by atoms with Gasteiger partial charge in [-0.25, -0.2) is 0 Å². The molecule has 1 aliphatic heterocycles. The lowest BCUT2D eigenvalue weighted by Crippen LogP contribution is -2.48. The van der Waals surface area contributed by atoms with E-state index in [0.29, 0.717) is 11.6 Å². The van der Waals surface area contributed by atoms with Crippen molar-refractivity contribution in [3.63, 3.8) is 0 Å². The Kier molecular flexibility index (Phi) is 5.01. The lowest BCUT2D eigenvalue weighted by Gasteiger charge is -2.33. The summed E-state index contributed by atoms with van der Waals surface area (Å²) in [6.07, 6.45) is 3.57. The topological polar surface area (TPSA) is 52.6 Å². The predicted octanol–water partition coefficient (Wildman–Crippen LogP) is 2.38. The van der Waals surface area contributed by atoms with E-state index in [1.165, 1.54) is 18.9 Å². The van der Waals surface area contributed by atoms with Crippen molar-refractivity contribution in [1.29, 1.82) is 0 Å². The molecule has 4 nitrogen and oxygen atoms in total. The van der Waals surface area contributed by atoms with Crippen molar-refractivity contribution in [2.75, 3.05) is 13.1 Å². The van der Waals surface area contributed by atoms with Crippen LogP contribution in [0.25, 0.3) is 0 Å². The number of benzene rings is 1. The third-order valence-corrected chi connectivity index (χ3v) is 3.81. The summed E-state index contributed by atoms with van der Waals surface area (Å²) in [5.74, 6) is 0.124. The molecule has 0 radical (unpaired) electrons. The Hall–Kier alpha value is -1.55. The van der Waals surface area contributed by atoms with Gasteiger partial charge in [0.1, 0.15) is 5.75 Å². The first kappa shape index (κ1) is 14.9. The van der Waals surface area contributed by atoms with E-state index < -0.39 is 0 Å². The Morgan fingerprint density at radius 3 is 2.85 bits per heavy atom. The molecule has 1 unspecified atom stereocenters. The Bertz CT molecular complexity index is 454. The highest BCUT2D eigenvalue weighted by molar-refractivity contribution is 5.94. The maximum absolute atomic E-state index is 12.6. The Balaban J connectivity index is 2.09. The van der Waals surface area contributed by atoms with E-state index >= 15 is 0 Å². The molecule has 1 atom stereocenters. The van der Waals surface area contributed by atoms with Gasteiger partial charge in [0.05, 0.1) is 0 Å². The lowest BCUT2D eigenvalue weighted by atomic mass is 10.0. The Labute approximate surface area is 120 Å². The third kappa shape index (κ3) is 3.73. The van der Waals surface area contributed by atoms with Gasteiger partial charge in [-0.2, -0.15) is 0 Å². The summed E-state index contributed by atoms with van der Waals surface area (Å²) in [4.78, 5) is 14.5. The number of amides is 1. The standard InChI is InChI=1S/C16H24N2O2/c1-12(2)18(11-14-7-3-4-9-17-14)16(20)13-6-5-8-15(19)10-13/h5-6,8,10,12,14,17,19H,3-4,7,9,11H2,1-2H3. The molecule has 0 spiro atoms. The number of piperidine rings is 1. The summed E-state index contributed by atoms with van der Waals surface area (Å²) in [6, 6.07) is 7.11. The van der Waals surface area contributed by atoms with Crippen LogP contribution in [-0.4, -0.2) is 41.1 Å². The fourth-order valence-corrected chi connectivity index (χ4v) is 2.65. The molecule has 1 aliphatic rings. The number of phenolic OH excluding ortho intramolecular Hbond substituents is 1. The average molecular weight is 276 g/mol. The summed E-state index contributed by atoms with van der Waals surface area (Å²) >= 11 is 0. The van der Waals surface area contributed by atoms with Crippen LogP contribution in [0.5, 0.6) is 5.75 Å². The molecule has 110 valence electrons. The molecule has 1 heterocycles. The number of carbonyl (C=O) groups excluding carboxylic acids is 1. The maximum atomic E-state index is 12.6. The van der Waals surface area contributed by atoms with E-state index in [1.54, 1.807) is 18.2 Å². The maximum Gasteiger partial charge on any atom is 0.254 e. The van der Waals surface area contributed by atoms with Gasteiger partial charge in [0, 0.05) is 24.2 Å². The average Bonchev–Trinajstić information content (AvgIpc) is 2.45. The lowest BCUT2D eigenvalue weighted by molar-refractivity contribution is 0.0676. The Morgan fingerprint density at radius 2 is 2.25 bits per heavy atom. The number of hydrogen-bond acceptors (Lipinski definition) is 3. The number of hydrogen-bond donors (Lipinski definition) is 2. The largest absolute Gasteiger partial charge is 0.508 e. The minimum Gasteiger partial charge on any atom is -0.508 e. The van der Waals surface area contributed by atoms with Crippen LogP contribution >= 0.6 is 0 Å². The normalized spacial score (nSPS) is 19.1. The molecule has 0 saturated carbocycles. The van der Waals surface area contributed by atoms with Gasteiger partial charge < -0.3 is 15.3 Å². The first-order valence-electron chi connectivity index (χ1n) is 7.41. The van der Waals surface area contributed by atoms with Gasteiger partial charge in [0.2, 0.25) is 0 Å². The van der Waals surface area contributed by atoms with Crippen LogP contribution < -0.4 is 5.32 Å². The second kappa shape index (κ2) is 6.75. The summed E-state index contributed by atoms with van der Waals surface area (Å²) in [7, 11) is 0. The quantitative estimate of drug-likeness (QED) is 0.888. The zero-order valence-corrected chi connectivity index (χ0v) is 12.3. The van der Waals surface area contributed by atoms with Crippen LogP contribution in [0.1, 0.15) is 43.5 Å². The molecule has 0 aliphatic carbocycles. The molecular formula is C16H24N2O2. The van der Waals surface area contributed by atoms with E-state index in [4.69, 9.17) is 0 Å². The van der Waals surface area contributed by atoms with Gasteiger partial charge in [-0.3, -0.25) is 4.79 Å². The molecule has 1 fully saturated rings. The first-order chi connectivity index (χ1) is 9.58. The molecule has 4 heteroatoms. The highest BCUT2D eigenvalue weighted by Crippen LogP contribution is 2.16. The van der Waals surface area contributed by atoms with Crippen molar-refractivity contribution in [1.82, 2.24) is 10.2 Å². The third-order valence-electron chi connectivity index (χ3n) is 3.81. The molecule has 2 rings (SSSR count). The highest BCUT2D eigenvalue weighted by atomic mass is 16.3. The van der Waals surface area contributed by atoms with Gasteiger partial charge in [-0.05, 0) is 51.4 Å². The molecule has 1 aromatic carbocycles. The molecule has 1 aromatic rings. The SMILES string of the molecule is CC(C)N(CC1CCCCN1)C(=O)c1cccc(O)c1. The van der Waals surface area contributed by atoms with Gasteiger partial charge in [-0.1, -0.05) is 12.5 Å². The highest BCUT2D eigenvalue weighted by Gasteiger charge is 2.23. The van der Waals surface area contributed by atoms with Crippen molar-refractivity contribution in [2.24, 2.45) is 0 Å². The van der Waals surface area contributed by atoms with E-state index in [2.05, 4.69) is 5.32 Å². The zero-order chi connectivity index (χ0) is 14.5. The van der Waals surface area contributed by atoms with Crippen LogP contribution in [0.15, 0.2) is 24.3 Å². The van der Waals surface area contributed by atoms with Crippen molar-refractivity contribution in [2.45, 2.75) is 45.2 Å². The van der Waals surface area contributed by atoms with Crippen LogP contribution in [-0.2, 0) is 0 Å². The summed E-state index contributed by atoms with van der Waals surface area (Å²) in [5, 5.41) is 13.0. The van der Waals surface area contributed by atoms with Crippen LogP contribution in [0.3, 0.4) is 0 Å². The van der Waals surface area contributed by atoms with Gasteiger partial charge in [0.15, 0.2) is 0 Å². The zero-order valence-electron chi connectivity index (χ0n) is 12.3. The van der Waals surface area contributed by atoms with E-state index in [9.17, 15) is 9.90 Å². The van der Waals surface area contributed by atoms with E-state index in [1.807, 2.05) is 18.7 Å². The Morgan fingerprint density at radius 1 is 1.45 bits per heavy atom.